The molecular weight excluding hydrogens is 394 g/mol. The highest BCUT2D eigenvalue weighted by atomic mass is 32.1. The van der Waals surface area contributed by atoms with Crippen LogP contribution in [0.1, 0.15) is 49.1 Å². The van der Waals surface area contributed by atoms with Crippen molar-refractivity contribution in [2.24, 2.45) is 10.1 Å². The van der Waals surface area contributed by atoms with Crippen molar-refractivity contribution in [2.75, 3.05) is 14.2 Å². The molecule has 0 unspecified atom stereocenters. The lowest BCUT2D eigenvalue weighted by atomic mass is 9.84. The monoisotopic (exact) mass is 421 g/mol. The zero-order valence-corrected chi connectivity index (χ0v) is 18.2. The van der Waals surface area contributed by atoms with E-state index in [-0.39, 0.29) is 5.75 Å². The van der Waals surface area contributed by atoms with Crippen molar-refractivity contribution in [1.82, 2.24) is 4.68 Å². The van der Waals surface area contributed by atoms with Gasteiger partial charge in [-0.3, -0.25) is 4.99 Å². The average Bonchev–Trinajstić information content (AvgIpc) is 3.22. The molecule has 1 fully saturated rings. The third kappa shape index (κ3) is 4.19. The highest BCUT2D eigenvalue weighted by Crippen LogP contribution is 2.33. The normalized spacial score (nSPS) is 15.7. The number of benzene rings is 2. The molecule has 0 spiro atoms. The summed E-state index contributed by atoms with van der Waals surface area (Å²) in [6.07, 6.45) is 8.27. The molecule has 5 nitrogen and oxygen atoms in total. The van der Waals surface area contributed by atoms with Crippen LogP contribution in [0.2, 0.25) is 0 Å². The zero-order chi connectivity index (χ0) is 20.9. The number of thiazole rings is 1. The molecule has 1 N–H and O–H groups in total. The highest BCUT2D eigenvalue weighted by molar-refractivity contribution is 7.07. The van der Waals surface area contributed by atoms with Crippen LogP contribution >= 0.6 is 11.3 Å². The summed E-state index contributed by atoms with van der Waals surface area (Å²) in [5.74, 6) is 1.19. The largest absolute Gasteiger partial charge is 0.504 e. The van der Waals surface area contributed by atoms with Gasteiger partial charge < -0.3 is 9.84 Å². The minimum atomic E-state index is 0.0768. The number of phenols is 1. The topological polar surface area (TPSA) is 59.1 Å². The van der Waals surface area contributed by atoms with Gasteiger partial charge in [0.05, 0.1) is 19.0 Å². The maximum atomic E-state index is 10.3. The Bertz CT molecular complexity index is 1090. The summed E-state index contributed by atoms with van der Waals surface area (Å²) < 4.78 is 7.01. The zero-order valence-electron chi connectivity index (χ0n) is 17.4. The summed E-state index contributed by atoms with van der Waals surface area (Å²) in [7, 11) is 3.30. The molecule has 0 radical (unpaired) electrons. The van der Waals surface area contributed by atoms with Crippen molar-refractivity contribution in [3.8, 4) is 22.8 Å². The number of para-hydroxylation sites is 1. The maximum Gasteiger partial charge on any atom is 0.205 e. The fourth-order valence-electron chi connectivity index (χ4n) is 4.05. The van der Waals surface area contributed by atoms with Crippen LogP contribution in [-0.2, 0) is 0 Å². The van der Waals surface area contributed by atoms with Crippen molar-refractivity contribution in [2.45, 2.75) is 38.0 Å². The van der Waals surface area contributed by atoms with Gasteiger partial charge in [-0.15, -0.1) is 11.3 Å². The second-order valence-electron chi connectivity index (χ2n) is 7.54. The lowest BCUT2D eigenvalue weighted by Gasteiger charge is -2.22. The van der Waals surface area contributed by atoms with Gasteiger partial charge in [0.1, 0.15) is 0 Å². The van der Waals surface area contributed by atoms with Crippen LogP contribution in [0.25, 0.3) is 11.3 Å². The average molecular weight is 422 g/mol. The predicted octanol–water partition coefficient (Wildman–Crippen LogP) is 5.39. The number of rotatable bonds is 5. The van der Waals surface area contributed by atoms with Crippen molar-refractivity contribution in [3.05, 3.63) is 63.8 Å². The van der Waals surface area contributed by atoms with E-state index in [1.54, 1.807) is 36.7 Å². The van der Waals surface area contributed by atoms with Crippen LogP contribution in [0, 0.1) is 0 Å². The minimum absolute atomic E-state index is 0.0768. The molecular formula is C24H27N3O2S. The fourth-order valence-corrected chi connectivity index (χ4v) is 4.85. The second-order valence-corrected chi connectivity index (χ2v) is 8.38. The first kappa shape index (κ1) is 20.4. The van der Waals surface area contributed by atoms with Gasteiger partial charge in [0.15, 0.2) is 11.5 Å². The summed E-state index contributed by atoms with van der Waals surface area (Å²) in [5.41, 5.74) is 4.11. The number of hydrogen-bond donors (Lipinski definition) is 1. The van der Waals surface area contributed by atoms with Crippen molar-refractivity contribution >= 4 is 17.6 Å². The van der Waals surface area contributed by atoms with Gasteiger partial charge in [-0.1, -0.05) is 49.6 Å². The number of aromatic hydroxyl groups is 1. The van der Waals surface area contributed by atoms with Crippen LogP contribution in [0.4, 0.5) is 0 Å². The molecule has 0 amide bonds. The molecule has 0 bridgehead atoms. The Morgan fingerprint density at radius 1 is 1.10 bits per heavy atom. The molecule has 30 heavy (non-hydrogen) atoms. The Labute approximate surface area is 181 Å². The third-order valence-corrected chi connectivity index (χ3v) is 6.63. The Hall–Kier alpha value is -2.86. The van der Waals surface area contributed by atoms with Gasteiger partial charge in [0.25, 0.3) is 0 Å². The first-order valence-corrected chi connectivity index (χ1v) is 11.2. The van der Waals surface area contributed by atoms with Crippen molar-refractivity contribution < 1.29 is 9.84 Å². The van der Waals surface area contributed by atoms with Crippen molar-refractivity contribution in [1.29, 1.82) is 0 Å². The van der Waals surface area contributed by atoms with Gasteiger partial charge >= 0.3 is 0 Å². The Kier molecular flexibility index (Phi) is 6.33. The minimum Gasteiger partial charge on any atom is -0.504 e. The molecule has 156 valence electrons. The molecule has 1 saturated carbocycles. The molecule has 0 atom stereocenters. The molecule has 6 heteroatoms. The van der Waals surface area contributed by atoms with Gasteiger partial charge in [-0.05, 0) is 36.5 Å². The van der Waals surface area contributed by atoms with E-state index in [1.807, 2.05) is 10.7 Å². The smallest absolute Gasteiger partial charge is 0.205 e. The molecule has 3 aromatic rings. The summed E-state index contributed by atoms with van der Waals surface area (Å²) >= 11 is 1.55. The maximum absolute atomic E-state index is 10.3. The molecule has 4 rings (SSSR count). The van der Waals surface area contributed by atoms with Crippen LogP contribution in [0.3, 0.4) is 0 Å². The van der Waals surface area contributed by atoms with E-state index in [0.717, 1.165) is 16.1 Å². The lowest BCUT2D eigenvalue weighted by molar-refractivity contribution is 0.373. The van der Waals surface area contributed by atoms with Crippen LogP contribution < -0.4 is 9.54 Å². The van der Waals surface area contributed by atoms with Gasteiger partial charge in [-0.2, -0.15) is 5.10 Å². The van der Waals surface area contributed by atoms with Crippen molar-refractivity contribution in [3.63, 3.8) is 0 Å². The van der Waals surface area contributed by atoms with Gasteiger partial charge in [-0.25, -0.2) is 4.68 Å². The number of aromatic nitrogens is 1. The summed E-state index contributed by atoms with van der Waals surface area (Å²) in [6.45, 7) is 0. The number of methoxy groups -OCH3 is 1. The molecule has 0 saturated heterocycles. The molecule has 1 aliphatic rings. The van der Waals surface area contributed by atoms with Crippen LogP contribution in [-0.4, -0.2) is 30.2 Å². The van der Waals surface area contributed by atoms with E-state index in [0.29, 0.717) is 17.2 Å². The van der Waals surface area contributed by atoms with E-state index in [1.165, 1.54) is 44.8 Å². The van der Waals surface area contributed by atoms with E-state index < -0.39 is 0 Å². The van der Waals surface area contributed by atoms with Gasteiger partial charge in [0, 0.05) is 23.6 Å². The molecule has 1 aromatic heterocycles. The van der Waals surface area contributed by atoms with Crippen LogP contribution in [0.5, 0.6) is 11.5 Å². The number of ether oxygens (including phenoxy) is 1. The lowest BCUT2D eigenvalue weighted by Crippen LogP contribution is -2.11. The van der Waals surface area contributed by atoms with E-state index >= 15 is 0 Å². The fraction of sp³-hybridized carbons (Fsp3) is 0.333. The summed E-state index contributed by atoms with van der Waals surface area (Å²) in [4.78, 5) is 5.15. The summed E-state index contributed by atoms with van der Waals surface area (Å²) in [6, 6.07) is 14.2. The molecule has 1 heterocycles. The van der Waals surface area contributed by atoms with E-state index in [9.17, 15) is 5.11 Å². The predicted molar refractivity (Wildman–Crippen MR) is 123 cm³/mol. The Morgan fingerprint density at radius 3 is 2.57 bits per heavy atom. The Morgan fingerprint density at radius 2 is 1.87 bits per heavy atom. The van der Waals surface area contributed by atoms with E-state index in [4.69, 9.17) is 4.74 Å². The number of phenolic OH excluding ortho intramolecular Hbond substituents is 1. The molecule has 0 aliphatic heterocycles. The standard InChI is InChI=1S/C24H27N3O2S/c1-25-24-27(26-15-20-9-6-10-22(29-2)23(20)28)21(16-30-24)19-13-11-18(12-14-19)17-7-4-3-5-8-17/h6,9-17,28H,3-5,7-8H2,1-2H3. The first-order valence-electron chi connectivity index (χ1n) is 10.3. The number of hydrogen-bond acceptors (Lipinski definition) is 5. The SMILES string of the molecule is CN=c1scc(-c2ccc(C3CCCCC3)cc2)n1N=Cc1cccc(OC)c1O. The quantitative estimate of drug-likeness (QED) is 0.562. The first-order chi connectivity index (χ1) is 14.7. The third-order valence-electron chi connectivity index (χ3n) is 5.72. The summed E-state index contributed by atoms with van der Waals surface area (Å²) in [5, 5.41) is 17.0. The Balaban J connectivity index is 1.65. The molecule has 1 aliphatic carbocycles. The van der Waals surface area contributed by atoms with Gasteiger partial charge in [0.2, 0.25) is 4.80 Å². The second kappa shape index (κ2) is 9.30. The highest BCUT2D eigenvalue weighted by Gasteiger charge is 2.16. The molecule has 2 aromatic carbocycles. The number of nitrogens with zero attached hydrogens (tertiary/aromatic N) is 3. The van der Waals surface area contributed by atoms with E-state index in [2.05, 4.69) is 39.7 Å². The van der Waals surface area contributed by atoms with Crippen LogP contribution in [0.15, 0.2) is 57.9 Å².